The highest BCUT2D eigenvalue weighted by atomic mass is 19.1. The highest BCUT2D eigenvalue weighted by Gasteiger charge is 2.38. The number of halogens is 1. The van der Waals surface area contributed by atoms with Crippen LogP contribution in [-0.2, 0) is 9.57 Å². The second-order valence-electron chi connectivity index (χ2n) is 4.69. The van der Waals surface area contributed by atoms with Gasteiger partial charge in [-0.15, -0.1) is 0 Å². The van der Waals surface area contributed by atoms with Crippen molar-refractivity contribution in [2.75, 3.05) is 13.2 Å². The van der Waals surface area contributed by atoms with Gasteiger partial charge in [-0.25, -0.2) is 19.7 Å². The summed E-state index contributed by atoms with van der Waals surface area (Å²) >= 11 is 0. The fourth-order valence-corrected chi connectivity index (χ4v) is 2.16. The molecular weight excluding hydrogens is 235 g/mol. The number of rotatable bonds is 1. The quantitative estimate of drug-likeness (QED) is 0.828. The number of nitrogens with zero attached hydrogens (tertiary/aromatic N) is 1. The Morgan fingerprint density at radius 1 is 1.33 bits per heavy atom. The SMILES string of the molecule is Cc1ccc(C2=NC3(CCOCC3)ON2)cc1F. The van der Waals surface area contributed by atoms with Gasteiger partial charge >= 0.3 is 0 Å². The van der Waals surface area contributed by atoms with Gasteiger partial charge in [0.2, 0.25) is 0 Å². The third-order valence-corrected chi connectivity index (χ3v) is 3.37. The standard InChI is InChI=1S/C13H15FN2O2/c1-9-2-3-10(8-11(9)14)12-15-13(18-16-12)4-6-17-7-5-13/h2-3,8H,4-7H2,1H3,(H,15,16). The van der Waals surface area contributed by atoms with Crippen LogP contribution in [0.4, 0.5) is 4.39 Å². The molecule has 18 heavy (non-hydrogen) atoms. The van der Waals surface area contributed by atoms with Crippen LogP contribution in [-0.4, -0.2) is 24.8 Å². The molecule has 1 aromatic rings. The Labute approximate surface area is 105 Å². The van der Waals surface area contributed by atoms with E-state index in [4.69, 9.17) is 9.57 Å². The zero-order chi connectivity index (χ0) is 12.6. The number of aliphatic imine (C=N–C) groups is 1. The first kappa shape index (κ1) is 11.6. The number of ether oxygens (including phenoxy) is 1. The van der Waals surface area contributed by atoms with Crippen LogP contribution in [0.5, 0.6) is 0 Å². The van der Waals surface area contributed by atoms with Gasteiger partial charge in [0.05, 0.1) is 13.2 Å². The molecular formula is C13H15FN2O2. The van der Waals surface area contributed by atoms with Crippen LogP contribution < -0.4 is 5.48 Å². The average Bonchev–Trinajstić information content (AvgIpc) is 2.78. The van der Waals surface area contributed by atoms with Crippen molar-refractivity contribution < 1.29 is 14.0 Å². The van der Waals surface area contributed by atoms with E-state index in [9.17, 15) is 4.39 Å². The number of nitrogens with one attached hydrogen (secondary N) is 1. The van der Waals surface area contributed by atoms with Crippen LogP contribution in [0, 0.1) is 12.7 Å². The minimum Gasteiger partial charge on any atom is -0.381 e. The van der Waals surface area contributed by atoms with E-state index in [0.29, 0.717) is 30.2 Å². The van der Waals surface area contributed by atoms with Gasteiger partial charge in [-0.1, -0.05) is 12.1 Å². The lowest BCUT2D eigenvalue weighted by Crippen LogP contribution is -2.36. The Bertz CT molecular complexity index is 496. The lowest BCUT2D eigenvalue weighted by atomic mass is 10.1. The van der Waals surface area contributed by atoms with Gasteiger partial charge < -0.3 is 4.74 Å². The van der Waals surface area contributed by atoms with E-state index in [0.717, 1.165) is 12.8 Å². The van der Waals surface area contributed by atoms with Crippen molar-refractivity contribution in [3.8, 4) is 0 Å². The van der Waals surface area contributed by atoms with Crippen LogP contribution in [0.15, 0.2) is 23.2 Å². The van der Waals surface area contributed by atoms with Crippen molar-refractivity contribution in [1.82, 2.24) is 5.48 Å². The first-order valence-corrected chi connectivity index (χ1v) is 6.07. The van der Waals surface area contributed by atoms with Gasteiger partial charge in [-0.05, 0) is 18.6 Å². The molecule has 0 aromatic heterocycles. The predicted molar refractivity (Wildman–Crippen MR) is 64.7 cm³/mol. The molecule has 5 heteroatoms. The fraction of sp³-hybridized carbons (Fsp3) is 0.462. The maximum absolute atomic E-state index is 13.5. The van der Waals surface area contributed by atoms with E-state index in [1.54, 1.807) is 13.0 Å². The van der Waals surface area contributed by atoms with E-state index >= 15 is 0 Å². The Hall–Kier alpha value is -1.46. The number of hydrogen-bond acceptors (Lipinski definition) is 4. The van der Waals surface area contributed by atoms with Crippen molar-refractivity contribution in [1.29, 1.82) is 0 Å². The number of hydrogen-bond donors (Lipinski definition) is 1. The molecule has 96 valence electrons. The van der Waals surface area contributed by atoms with Crippen molar-refractivity contribution >= 4 is 5.84 Å². The van der Waals surface area contributed by atoms with Crippen LogP contribution in [0.2, 0.25) is 0 Å². The summed E-state index contributed by atoms with van der Waals surface area (Å²) in [5.74, 6) is 0.362. The molecule has 2 heterocycles. The average molecular weight is 250 g/mol. The van der Waals surface area contributed by atoms with E-state index in [2.05, 4.69) is 10.5 Å². The van der Waals surface area contributed by atoms with E-state index in [-0.39, 0.29) is 5.82 Å². The Kier molecular flexibility index (Phi) is 2.80. The van der Waals surface area contributed by atoms with Gasteiger partial charge in [-0.2, -0.15) is 0 Å². The molecule has 1 aromatic carbocycles. The normalized spacial score (nSPS) is 21.8. The minimum absolute atomic E-state index is 0.232. The molecule has 2 aliphatic heterocycles. The van der Waals surface area contributed by atoms with Gasteiger partial charge in [0, 0.05) is 18.4 Å². The summed E-state index contributed by atoms with van der Waals surface area (Å²) in [6.07, 6.45) is 1.44. The third-order valence-electron chi connectivity index (χ3n) is 3.37. The van der Waals surface area contributed by atoms with E-state index < -0.39 is 5.72 Å². The molecule has 0 bridgehead atoms. The number of amidine groups is 1. The Morgan fingerprint density at radius 2 is 2.11 bits per heavy atom. The Balaban J connectivity index is 1.88. The lowest BCUT2D eigenvalue weighted by Gasteiger charge is -2.27. The lowest BCUT2D eigenvalue weighted by molar-refractivity contribution is -0.114. The zero-order valence-electron chi connectivity index (χ0n) is 10.2. The molecule has 0 unspecified atom stereocenters. The molecule has 1 fully saturated rings. The van der Waals surface area contributed by atoms with E-state index in [1.165, 1.54) is 6.07 Å². The van der Waals surface area contributed by atoms with Gasteiger partial charge in [-0.3, -0.25) is 0 Å². The van der Waals surface area contributed by atoms with Crippen molar-refractivity contribution in [2.24, 2.45) is 4.99 Å². The summed E-state index contributed by atoms with van der Waals surface area (Å²) < 4.78 is 18.8. The Morgan fingerprint density at radius 3 is 2.83 bits per heavy atom. The molecule has 0 aliphatic carbocycles. The van der Waals surface area contributed by atoms with Crippen LogP contribution in [0.3, 0.4) is 0 Å². The molecule has 1 spiro atoms. The first-order valence-electron chi connectivity index (χ1n) is 6.07. The topological polar surface area (TPSA) is 42.9 Å². The fourth-order valence-electron chi connectivity index (χ4n) is 2.16. The number of aryl methyl sites for hydroxylation is 1. The number of hydroxylamine groups is 1. The molecule has 1 N–H and O–H groups in total. The monoisotopic (exact) mass is 250 g/mol. The second-order valence-corrected chi connectivity index (χ2v) is 4.69. The highest BCUT2D eigenvalue weighted by Crippen LogP contribution is 2.30. The second kappa shape index (κ2) is 4.33. The molecule has 4 nitrogen and oxygen atoms in total. The summed E-state index contributed by atoms with van der Waals surface area (Å²) in [6, 6.07) is 5.05. The molecule has 0 amide bonds. The van der Waals surface area contributed by atoms with Crippen molar-refractivity contribution in [3.05, 3.63) is 35.1 Å². The van der Waals surface area contributed by atoms with Gasteiger partial charge in [0.25, 0.3) is 0 Å². The van der Waals surface area contributed by atoms with Gasteiger partial charge in [0.1, 0.15) is 5.82 Å². The maximum atomic E-state index is 13.5. The summed E-state index contributed by atoms with van der Waals surface area (Å²) in [5, 5.41) is 0. The van der Waals surface area contributed by atoms with Crippen molar-refractivity contribution in [2.45, 2.75) is 25.5 Å². The third kappa shape index (κ3) is 2.00. The smallest absolute Gasteiger partial charge is 0.191 e. The first-order chi connectivity index (χ1) is 8.69. The molecule has 3 rings (SSSR count). The van der Waals surface area contributed by atoms with Crippen LogP contribution in [0.1, 0.15) is 24.0 Å². The minimum atomic E-state index is -0.533. The molecule has 0 saturated carbocycles. The summed E-state index contributed by atoms with van der Waals surface area (Å²) in [7, 11) is 0. The van der Waals surface area contributed by atoms with Crippen LogP contribution in [0.25, 0.3) is 0 Å². The summed E-state index contributed by atoms with van der Waals surface area (Å²) in [6.45, 7) is 3.01. The molecule has 1 saturated heterocycles. The molecule has 2 aliphatic rings. The van der Waals surface area contributed by atoms with Crippen LogP contribution >= 0.6 is 0 Å². The molecule has 0 atom stereocenters. The number of benzene rings is 1. The van der Waals surface area contributed by atoms with E-state index in [1.807, 2.05) is 6.07 Å². The summed E-state index contributed by atoms with van der Waals surface area (Å²) in [5.41, 5.74) is 3.61. The summed E-state index contributed by atoms with van der Waals surface area (Å²) in [4.78, 5) is 10.1. The van der Waals surface area contributed by atoms with Gasteiger partial charge in [0.15, 0.2) is 11.6 Å². The maximum Gasteiger partial charge on any atom is 0.191 e. The predicted octanol–water partition coefficient (Wildman–Crippen LogP) is 1.92. The highest BCUT2D eigenvalue weighted by molar-refractivity contribution is 5.99. The van der Waals surface area contributed by atoms with Crippen molar-refractivity contribution in [3.63, 3.8) is 0 Å². The largest absolute Gasteiger partial charge is 0.381 e. The zero-order valence-corrected chi connectivity index (χ0v) is 10.2. The molecule has 0 radical (unpaired) electrons.